The lowest BCUT2D eigenvalue weighted by molar-refractivity contribution is 1.71. The molecular weight excluding hydrogens is 287 g/mol. The fourth-order valence-electron chi connectivity index (χ4n) is 2.38. The maximum atomic E-state index is 6.16. The van der Waals surface area contributed by atoms with Crippen LogP contribution in [0.4, 0.5) is 11.4 Å². The van der Waals surface area contributed by atoms with Gasteiger partial charge >= 0.3 is 0 Å². The summed E-state index contributed by atoms with van der Waals surface area (Å²) in [5.41, 5.74) is 14.8. The molecule has 0 saturated carbocycles. The molecule has 2 nitrogen and oxygen atoms in total. The first kappa shape index (κ1) is 11.4. The highest BCUT2D eigenvalue weighted by Crippen LogP contribution is 2.37. The second-order valence-electron chi connectivity index (χ2n) is 4.57. The lowest BCUT2D eigenvalue weighted by Gasteiger charge is -2.12. The molecule has 0 saturated heterocycles. The number of rotatable bonds is 0. The van der Waals surface area contributed by atoms with E-state index in [1.807, 2.05) is 12.1 Å². The molecule has 4 heteroatoms. The van der Waals surface area contributed by atoms with Crippen LogP contribution in [0, 0.1) is 0 Å². The third-order valence-corrected chi connectivity index (χ3v) is 3.81. The summed E-state index contributed by atoms with van der Waals surface area (Å²) >= 11 is 3.47. The van der Waals surface area contributed by atoms with E-state index in [0.29, 0.717) is 11.4 Å². The Hall–Kier alpha value is -1.68. The summed E-state index contributed by atoms with van der Waals surface area (Å²) in [6.07, 6.45) is 0. The van der Waals surface area contributed by atoms with E-state index in [1.165, 1.54) is 5.46 Å². The Balaban J connectivity index is 2.62. The van der Waals surface area contributed by atoms with Crippen molar-refractivity contribution in [3.63, 3.8) is 0 Å². The maximum Gasteiger partial charge on any atom is 0.139 e. The van der Waals surface area contributed by atoms with Gasteiger partial charge in [0.1, 0.15) is 7.85 Å². The Morgan fingerprint density at radius 1 is 0.778 bits per heavy atom. The smallest absolute Gasteiger partial charge is 0.139 e. The minimum Gasteiger partial charge on any atom is -0.397 e. The molecule has 4 N–H and O–H groups in total. The van der Waals surface area contributed by atoms with E-state index in [2.05, 4.69) is 48.0 Å². The van der Waals surface area contributed by atoms with Gasteiger partial charge in [-0.25, -0.2) is 0 Å². The van der Waals surface area contributed by atoms with Crippen molar-refractivity contribution in [3.8, 4) is 0 Å². The highest BCUT2D eigenvalue weighted by Gasteiger charge is 2.10. The molecule has 18 heavy (non-hydrogen) atoms. The van der Waals surface area contributed by atoms with Crippen molar-refractivity contribution >= 4 is 62.2 Å². The van der Waals surface area contributed by atoms with E-state index < -0.39 is 0 Å². The van der Waals surface area contributed by atoms with E-state index >= 15 is 0 Å². The molecule has 0 heterocycles. The van der Waals surface area contributed by atoms with Gasteiger partial charge in [-0.1, -0.05) is 45.7 Å². The van der Waals surface area contributed by atoms with Gasteiger partial charge in [0.2, 0.25) is 0 Å². The van der Waals surface area contributed by atoms with Crippen molar-refractivity contribution in [1.29, 1.82) is 0 Å². The zero-order valence-corrected chi connectivity index (χ0v) is 11.6. The van der Waals surface area contributed by atoms with E-state index in [0.717, 1.165) is 26.0 Å². The molecule has 0 aromatic heterocycles. The summed E-state index contributed by atoms with van der Waals surface area (Å²) in [7, 11) is 2.06. The van der Waals surface area contributed by atoms with Crippen LogP contribution in [0.2, 0.25) is 0 Å². The molecule has 0 aliphatic rings. The minimum atomic E-state index is 0.657. The summed E-state index contributed by atoms with van der Waals surface area (Å²) in [6.45, 7) is 0. The first-order valence-corrected chi connectivity index (χ1v) is 6.54. The molecule has 0 radical (unpaired) electrons. The fraction of sp³-hybridized carbons (Fsp3) is 0. The van der Waals surface area contributed by atoms with Crippen LogP contribution in [0.25, 0.3) is 21.5 Å². The van der Waals surface area contributed by atoms with Gasteiger partial charge in [-0.3, -0.25) is 0 Å². The largest absolute Gasteiger partial charge is 0.397 e. The number of nitrogen functional groups attached to an aromatic ring is 2. The molecule has 0 fully saturated rings. The van der Waals surface area contributed by atoms with Gasteiger partial charge in [-0.05, 0) is 22.9 Å². The number of hydrogen-bond acceptors (Lipinski definition) is 2. The molecule has 0 amide bonds. The van der Waals surface area contributed by atoms with Gasteiger partial charge in [-0.2, -0.15) is 0 Å². The van der Waals surface area contributed by atoms with Crippen molar-refractivity contribution in [2.45, 2.75) is 0 Å². The molecule has 0 aliphatic heterocycles. The Labute approximate surface area is 114 Å². The van der Waals surface area contributed by atoms with Crippen LogP contribution < -0.4 is 16.9 Å². The van der Waals surface area contributed by atoms with Crippen LogP contribution in [0.3, 0.4) is 0 Å². The highest BCUT2D eigenvalue weighted by atomic mass is 79.9. The summed E-state index contributed by atoms with van der Waals surface area (Å²) in [4.78, 5) is 0. The lowest BCUT2D eigenvalue weighted by Crippen LogP contribution is -2.03. The average Bonchev–Trinajstić information content (AvgIpc) is 2.36. The van der Waals surface area contributed by atoms with Gasteiger partial charge in [0.15, 0.2) is 0 Å². The van der Waals surface area contributed by atoms with Gasteiger partial charge in [-0.15, -0.1) is 0 Å². The molecule has 88 valence electrons. The second-order valence-corrected chi connectivity index (χ2v) is 5.48. The van der Waals surface area contributed by atoms with Crippen LogP contribution in [0.5, 0.6) is 0 Å². The number of fused-ring (bicyclic) bond motifs is 3. The van der Waals surface area contributed by atoms with Crippen LogP contribution in [-0.2, 0) is 0 Å². The molecule has 0 aliphatic carbocycles. The molecule has 0 atom stereocenters. The second kappa shape index (κ2) is 3.92. The maximum absolute atomic E-state index is 6.16. The minimum absolute atomic E-state index is 0.657. The quantitative estimate of drug-likeness (QED) is 0.289. The number of halogens is 1. The average molecular weight is 299 g/mol. The number of anilines is 2. The van der Waals surface area contributed by atoms with Crippen molar-refractivity contribution in [3.05, 3.63) is 40.9 Å². The van der Waals surface area contributed by atoms with Crippen molar-refractivity contribution in [2.24, 2.45) is 0 Å². The molecule has 0 unspecified atom stereocenters. The van der Waals surface area contributed by atoms with Gasteiger partial charge < -0.3 is 11.5 Å². The van der Waals surface area contributed by atoms with Gasteiger partial charge in [0.25, 0.3) is 0 Å². The van der Waals surface area contributed by atoms with E-state index in [9.17, 15) is 0 Å². The predicted octanol–water partition coefficient (Wildman–Crippen LogP) is 2.18. The SMILES string of the molecule is Bc1ccc2c(c1)c(N)c(N)c1cc(Br)ccc12. The molecule has 3 aromatic rings. The topological polar surface area (TPSA) is 52.0 Å². The standard InChI is InChI=1S/C14H12BBrN2/c15-7-1-3-9-10-4-2-8(16)6-12(10)14(18)13(17)11(9)5-7/h1-6H,15,17-18H2. The molecular formula is C14H12BBrN2. The number of hydrogen-bond donors (Lipinski definition) is 2. The normalized spacial score (nSPS) is 11.2. The molecule has 0 spiro atoms. The third-order valence-electron chi connectivity index (χ3n) is 3.32. The zero-order valence-electron chi connectivity index (χ0n) is 10.00. The zero-order chi connectivity index (χ0) is 12.9. The van der Waals surface area contributed by atoms with Crippen molar-refractivity contribution < 1.29 is 0 Å². The first-order chi connectivity index (χ1) is 8.58. The van der Waals surface area contributed by atoms with Crippen LogP contribution in [0.15, 0.2) is 40.9 Å². The lowest BCUT2D eigenvalue weighted by atomic mass is 9.90. The monoisotopic (exact) mass is 298 g/mol. The summed E-state index contributed by atoms with van der Waals surface area (Å²) < 4.78 is 1.01. The van der Waals surface area contributed by atoms with E-state index in [1.54, 1.807) is 0 Å². The van der Waals surface area contributed by atoms with Gasteiger partial charge in [0.05, 0.1) is 11.4 Å². The Kier molecular flexibility index (Phi) is 2.49. The van der Waals surface area contributed by atoms with Crippen LogP contribution >= 0.6 is 15.9 Å². The number of nitrogens with two attached hydrogens (primary N) is 2. The fourth-order valence-corrected chi connectivity index (χ4v) is 2.74. The Bertz CT molecular complexity index is 717. The molecule has 3 rings (SSSR count). The van der Waals surface area contributed by atoms with Crippen LogP contribution in [-0.4, -0.2) is 7.85 Å². The van der Waals surface area contributed by atoms with Crippen molar-refractivity contribution in [1.82, 2.24) is 0 Å². The van der Waals surface area contributed by atoms with Crippen LogP contribution in [0.1, 0.15) is 0 Å². The van der Waals surface area contributed by atoms with E-state index in [-0.39, 0.29) is 0 Å². The summed E-state index contributed by atoms with van der Waals surface area (Å²) in [6, 6.07) is 12.4. The number of benzene rings is 3. The molecule has 0 bridgehead atoms. The Morgan fingerprint density at radius 3 is 2.00 bits per heavy atom. The van der Waals surface area contributed by atoms with E-state index in [4.69, 9.17) is 11.5 Å². The van der Waals surface area contributed by atoms with Crippen molar-refractivity contribution in [2.75, 3.05) is 11.5 Å². The predicted molar refractivity (Wildman–Crippen MR) is 86.2 cm³/mol. The summed E-state index contributed by atoms with van der Waals surface area (Å²) in [5.74, 6) is 0. The Morgan fingerprint density at radius 2 is 1.33 bits per heavy atom. The third kappa shape index (κ3) is 1.56. The molecule has 3 aromatic carbocycles. The first-order valence-electron chi connectivity index (χ1n) is 5.74. The van der Waals surface area contributed by atoms with Gasteiger partial charge in [0, 0.05) is 15.2 Å². The highest BCUT2D eigenvalue weighted by molar-refractivity contribution is 9.10. The summed E-state index contributed by atoms with van der Waals surface area (Å²) in [5, 5.41) is 4.32.